The van der Waals surface area contributed by atoms with Gasteiger partial charge in [0.25, 0.3) is 0 Å². The first-order chi connectivity index (χ1) is 11.9. The fourth-order valence-electron chi connectivity index (χ4n) is 4.73. The van der Waals surface area contributed by atoms with Crippen LogP contribution < -0.4 is 0 Å². The monoisotopic (exact) mass is 339 g/mol. The lowest BCUT2D eigenvalue weighted by Crippen LogP contribution is -2.28. The van der Waals surface area contributed by atoms with Crippen molar-refractivity contribution in [3.63, 3.8) is 0 Å². The van der Waals surface area contributed by atoms with Gasteiger partial charge in [-0.25, -0.2) is 4.98 Å². The molecule has 2 aliphatic rings. The summed E-state index contributed by atoms with van der Waals surface area (Å²) in [5.74, 6) is 2.70. The Morgan fingerprint density at radius 2 is 2.00 bits per heavy atom. The van der Waals surface area contributed by atoms with Crippen LogP contribution in [0.5, 0.6) is 0 Å². The third-order valence-corrected chi connectivity index (χ3v) is 6.34. The second-order valence-corrected chi connectivity index (χ2v) is 9.26. The Kier molecular flexibility index (Phi) is 4.29. The number of aromatic nitrogens is 3. The van der Waals surface area contributed by atoms with Gasteiger partial charge in [0.05, 0.1) is 5.69 Å². The molecule has 1 atom stereocenters. The van der Waals surface area contributed by atoms with Gasteiger partial charge in [0.1, 0.15) is 5.82 Å². The fraction of sp³-hybridized carbons (Fsp3) is 0.682. The molecule has 1 unspecified atom stereocenters. The average molecular weight is 340 g/mol. The van der Waals surface area contributed by atoms with Gasteiger partial charge in [0.15, 0.2) is 0 Å². The molecule has 2 aromatic rings. The highest BCUT2D eigenvalue weighted by molar-refractivity contribution is 5.23. The summed E-state index contributed by atoms with van der Waals surface area (Å²) < 4.78 is 4.93. The van der Waals surface area contributed by atoms with E-state index >= 15 is 0 Å². The van der Waals surface area contributed by atoms with E-state index < -0.39 is 0 Å². The summed E-state index contributed by atoms with van der Waals surface area (Å²) >= 11 is 0. The van der Waals surface area contributed by atoms with Crippen molar-refractivity contribution in [2.45, 2.75) is 90.6 Å². The SMILES string of the molecule is CC(C)c1cc2n(c1)CC(CC(C)(C)c1cn3c(n1)CCCC3)CC2. The zero-order valence-corrected chi connectivity index (χ0v) is 16.4. The molecule has 0 radical (unpaired) electrons. The maximum absolute atomic E-state index is 5.02. The highest BCUT2D eigenvalue weighted by atomic mass is 15.1. The van der Waals surface area contributed by atoms with Gasteiger partial charge in [0.2, 0.25) is 0 Å². The van der Waals surface area contributed by atoms with E-state index in [9.17, 15) is 0 Å². The van der Waals surface area contributed by atoms with Crippen molar-refractivity contribution >= 4 is 0 Å². The first-order valence-corrected chi connectivity index (χ1v) is 10.2. The van der Waals surface area contributed by atoms with Crippen LogP contribution in [0.15, 0.2) is 18.5 Å². The van der Waals surface area contributed by atoms with E-state index in [1.165, 1.54) is 61.4 Å². The van der Waals surface area contributed by atoms with Crippen LogP contribution in [0.1, 0.15) is 82.1 Å². The average Bonchev–Trinajstić information content (AvgIpc) is 3.18. The Labute approximate surface area is 152 Å². The number of fused-ring (bicyclic) bond motifs is 2. The summed E-state index contributed by atoms with van der Waals surface area (Å²) in [6.07, 6.45) is 12.3. The number of aryl methyl sites for hydroxylation is 3. The summed E-state index contributed by atoms with van der Waals surface area (Å²) in [6, 6.07) is 2.43. The second-order valence-electron chi connectivity index (χ2n) is 9.26. The number of rotatable bonds is 4. The van der Waals surface area contributed by atoms with Crippen molar-refractivity contribution in [3.05, 3.63) is 41.2 Å². The Balaban J connectivity index is 1.48. The van der Waals surface area contributed by atoms with Crippen molar-refractivity contribution in [1.82, 2.24) is 14.1 Å². The van der Waals surface area contributed by atoms with E-state index in [2.05, 4.69) is 55.3 Å². The van der Waals surface area contributed by atoms with Crippen LogP contribution in [0.2, 0.25) is 0 Å². The van der Waals surface area contributed by atoms with Gasteiger partial charge < -0.3 is 9.13 Å². The standard InChI is InChI=1S/C22H33N3/c1-16(2)18-11-19-9-8-17(13-25(19)14-18)12-22(3,4)20-15-24-10-6-5-7-21(24)23-20/h11,14-17H,5-10,12-13H2,1-4H3. The summed E-state index contributed by atoms with van der Waals surface area (Å²) in [5, 5.41) is 0. The minimum absolute atomic E-state index is 0.167. The molecule has 4 heterocycles. The molecule has 0 spiro atoms. The van der Waals surface area contributed by atoms with Crippen LogP contribution in [0.3, 0.4) is 0 Å². The summed E-state index contributed by atoms with van der Waals surface area (Å²) in [6.45, 7) is 11.7. The molecular formula is C22H33N3. The molecule has 0 saturated heterocycles. The van der Waals surface area contributed by atoms with E-state index in [1.807, 2.05) is 0 Å². The number of imidazole rings is 1. The molecule has 3 heteroatoms. The van der Waals surface area contributed by atoms with Crippen LogP contribution in [0.4, 0.5) is 0 Å². The van der Waals surface area contributed by atoms with E-state index in [-0.39, 0.29) is 5.41 Å². The van der Waals surface area contributed by atoms with Crippen LogP contribution >= 0.6 is 0 Å². The molecule has 0 bridgehead atoms. The smallest absolute Gasteiger partial charge is 0.108 e. The van der Waals surface area contributed by atoms with Gasteiger partial charge in [-0.15, -0.1) is 0 Å². The minimum atomic E-state index is 0.167. The minimum Gasteiger partial charge on any atom is -0.351 e. The molecule has 0 N–H and O–H groups in total. The van der Waals surface area contributed by atoms with E-state index in [4.69, 9.17) is 4.98 Å². The summed E-state index contributed by atoms with van der Waals surface area (Å²) in [5.41, 5.74) is 4.51. The maximum Gasteiger partial charge on any atom is 0.108 e. The van der Waals surface area contributed by atoms with Crippen molar-refractivity contribution in [2.24, 2.45) is 5.92 Å². The molecule has 0 saturated carbocycles. The molecule has 0 amide bonds. The summed E-state index contributed by atoms with van der Waals surface area (Å²) in [4.78, 5) is 5.02. The van der Waals surface area contributed by atoms with E-state index in [0.717, 1.165) is 18.9 Å². The van der Waals surface area contributed by atoms with Gasteiger partial charge in [-0.05, 0) is 55.6 Å². The molecule has 136 valence electrons. The van der Waals surface area contributed by atoms with Crippen molar-refractivity contribution in [3.8, 4) is 0 Å². The normalized spacial score (nSPS) is 20.6. The highest BCUT2D eigenvalue weighted by Crippen LogP contribution is 2.36. The van der Waals surface area contributed by atoms with Gasteiger partial charge >= 0.3 is 0 Å². The molecule has 2 aromatic heterocycles. The number of hydrogen-bond donors (Lipinski definition) is 0. The number of hydrogen-bond acceptors (Lipinski definition) is 1. The third-order valence-electron chi connectivity index (χ3n) is 6.34. The second kappa shape index (κ2) is 6.34. The predicted molar refractivity (Wildman–Crippen MR) is 103 cm³/mol. The van der Waals surface area contributed by atoms with Crippen LogP contribution in [-0.4, -0.2) is 14.1 Å². The van der Waals surface area contributed by atoms with Crippen LogP contribution in [0, 0.1) is 5.92 Å². The molecule has 0 aromatic carbocycles. The summed E-state index contributed by atoms with van der Waals surface area (Å²) in [7, 11) is 0. The largest absolute Gasteiger partial charge is 0.351 e. The molecule has 0 fully saturated rings. The van der Waals surface area contributed by atoms with Gasteiger partial charge in [-0.2, -0.15) is 0 Å². The van der Waals surface area contributed by atoms with Gasteiger partial charge in [-0.3, -0.25) is 0 Å². The molecular weight excluding hydrogens is 306 g/mol. The molecule has 4 rings (SSSR count). The van der Waals surface area contributed by atoms with Crippen molar-refractivity contribution in [2.75, 3.05) is 0 Å². The quantitative estimate of drug-likeness (QED) is 0.762. The zero-order chi connectivity index (χ0) is 17.6. The van der Waals surface area contributed by atoms with Crippen molar-refractivity contribution < 1.29 is 0 Å². The Hall–Kier alpha value is -1.51. The van der Waals surface area contributed by atoms with E-state index in [1.54, 1.807) is 0 Å². The van der Waals surface area contributed by atoms with Crippen LogP contribution in [0.25, 0.3) is 0 Å². The molecule has 3 nitrogen and oxygen atoms in total. The maximum atomic E-state index is 5.02. The van der Waals surface area contributed by atoms with E-state index in [0.29, 0.717) is 5.92 Å². The Bertz CT molecular complexity index is 724. The Morgan fingerprint density at radius 1 is 1.16 bits per heavy atom. The molecule has 25 heavy (non-hydrogen) atoms. The topological polar surface area (TPSA) is 22.8 Å². The molecule has 0 aliphatic carbocycles. The van der Waals surface area contributed by atoms with Gasteiger partial charge in [-0.1, -0.05) is 27.7 Å². The van der Waals surface area contributed by atoms with Crippen LogP contribution in [-0.2, 0) is 31.3 Å². The first kappa shape index (κ1) is 16.9. The molecule has 2 aliphatic heterocycles. The lowest BCUT2D eigenvalue weighted by atomic mass is 9.78. The zero-order valence-electron chi connectivity index (χ0n) is 16.4. The predicted octanol–water partition coefficient (Wildman–Crippen LogP) is 5.07. The first-order valence-electron chi connectivity index (χ1n) is 10.2. The van der Waals surface area contributed by atoms with Gasteiger partial charge in [0, 0.05) is 43.0 Å². The highest BCUT2D eigenvalue weighted by Gasteiger charge is 2.31. The number of nitrogens with zero attached hydrogens (tertiary/aromatic N) is 3. The van der Waals surface area contributed by atoms with Crippen molar-refractivity contribution in [1.29, 1.82) is 0 Å². The fourth-order valence-corrected chi connectivity index (χ4v) is 4.73. The lowest BCUT2D eigenvalue weighted by molar-refractivity contribution is 0.282. The third kappa shape index (κ3) is 3.30. The Morgan fingerprint density at radius 3 is 2.76 bits per heavy atom. The lowest BCUT2D eigenvalue weighted by Gasteiger charge is -2.32.